The maximum Gasteiger partial charge on any atom is 0.0249 e. The van der Waals surface area contributed by atoms with Crippen LogP contribution < -0.4 is 5.32 Å². The van der Waals surface area contributed by atoms with Crippen molar-refractivity contribution in [1.82, 2.24) is 10.2 Å². The predicted molar refractivity (Wildman–Crippen MR) is 78.4 cm³/mol. The zero-order chi connectivity index (χ0) is 13.4. The second-order valence-electron chi connectivity index (χ2n) is 5.94. The van der Waals surface area contributed by atoms with E-state index in [1.54, 1.807) is 0 Å². The quantitative estimate of drug-likeness (QED) is 0.623. The minimum Gasteiger partial charge on any atom is -0.315 e. The van der Waals surface area contributed by atoms with Gasteiger partial charge in [-0.3, -0.25) is 4.90 Å². The molecule has 0 saturated heterocycles. The summed E-state index contributed by atoms with van der Waals surface area (Å²) < 4.78 is 0. The lowest BCUT2D eigenvalue weighted by Gasteiger charge is -2.37. The van der Waals surface area contributed by atoms with Crippen LogP contribution in [0.3, 0.4) is 0 Å². The van der Waals surface area contributed by atoms with Crippen molar-refractivity contribution in [2.45, 2.75) is 53.6 Å². The molecular formula is C15H32N2. The summed E-state index contributed by atoms with van der Waals surface area (Å²) in [5.41, 5.74) is 0. The fourth-order valence-corrected chi connectivity index (χ4v) is 2.13. The van der Waals surface area contributed by atoms with Gasteiger partial charge in [0.25, 0.3) is 0 Å². The van der Waals surface area contributed by atoms with Crippen LogP contribution in [0.1, 0.15) is 41.5 Å². The Morgan fingerprint density at radius 2 is 1.65 bits per heavy atom. The molecule has 2 nitrogen and oxygen atoms in total. The lowest BCUT2D eigenvalue weighted by atomic mass is 10.0. The van der Waals surface area contributed by atoms with Crippen LogP contribution in [0.5, 0.6) is 0 Å². The van der Waals surface area contributed by atoms with Gasteiger partial charge in [-0.25, -0.2) is 0 Å². The Kier molecular flexibility index (Phi) is 8.53. The summed E-state index contributed by atoms with van der Waals surface area (Å²) in [6.45, 7) is 20.7. The Morgan fingerprint density at radius 1 is 1.06 bits per heavy atom. The molecule has 2 heteroatoms. The van der Waals surface area contributed by atoms with Crippen molar-refractivity contribution in [3.63, 3.8) is 0 Å². The lowest BCUT2D eigenvalue weighted by Crippen LogP contribution is -2.49. The topological polar surface area (TPSA) is 15.3 Å². The largest absolute Gasteiger partial charge is 0.315 e. The van der Waals surface area contributed by atoms with Gasteiger partial charge in [-0.2, -0.15) is 0 Å². The highest BCUT2D eigenvalue weighted by molar-refractivity contribution is 4.84. The van der Waals surface area contributed by atoms with Crippen LogP contribution in [-0.2, 0) is 0 Å². The summed E-state index contributed by atoms with van der Waals surface area (Å²) in [5, 5.41) is 3.58. The normalized spacial score (nSPS) is 14.0. The van der Waals surface area contributed by atoms with Crippen molar-refractivity contribution in [3.05, 3.63) is 12.7 Å². The lowest BCUT2D eigenvalue weighted by molar-refractivity contribution is 0.130. The van der Waals surface area contributed by atoms with Crippen LogP contribution in [0.4, 0.5) is 0 Å². The summed E-state index contributed by atoms with van der Waals surface area (Å²) in [6.07, 6.45) is 2.01. The zero-order valence-electron chi connectivity index (χ0n) is 12.7. The van der Waals surface area contributed by atoms with E-state index in [4.69, 9.17) is 0 Å². The van der Waals surface area contributed by atoms with E-state index < -0.39 is 0 Å². The molecule has 1 unspecified atom stereocenters. The molecule has 1 atom stereocenters. The van der Waals surface area contributed by atoms with Crippen LogP contribution in [0.2, 0.25) is 0 Å². The number of hydrogen-bond acceptors (Lipinski definition) is 2. The zero-order valence-corrected chi connectivity index (χ0v) is 12.7. The minimum absolute atomic E-state index is 0.571. The maximum absolute atomic E-state index is 3.87. The molecule has 0 radical (unpaired) electrons. The Hall–Kier alpha value is -0.340. The highest BCUT2D eigenvalue weighted by Gasteiger charge is 2.22. The summed E-state index contributed by atoms with van der Waals surface area (Å²) in [5.74, 6) is 1.38. The first-order chi connectivity index (χ1) is 7.90. The fraction of sp³-hybridized carbons (Fsp3) is 0.867. The van der Waals surface area contributed by atoms with Gasteiger partial charge in [-0.15, -0.1) is 6.58 Å². The third-order valence-electron chi connectivity index (χ3n) is 3.10. The van der Waals surface area contributed by atoms with Crippen molar-refractivity contribution in [3.8, 4) is 0 Å². The van der Waals surface area contributed by atoms with Crippen molar-refractivity contribution in [2.75, 3.05) is 19.6 Å². The Bertz CT molecular complexity index is 197. The van der Waals surface area contributed by atoms with Gasteiger partial charge in [0.1, 0.15) is 0 Å². The molecular weight excluding hydrogens is 208 g/mol. The maximum atomic E-state index is 3.87. The fourth-order valence-electron chi connectivity index (χ4n) is 2.13. The van der Waals surface area contributed by atoms with Gasteiger partial charge in [0.2, 0.25) is 0 Å². The average Bonchev–Trinajstić information content (AvgIpc) is 2.20. The molecule has 0 rings (SSSR count). The first-order valence-electron chi connectivity index (χ1n) is 6.97. The highest BCUT2D eigenvalue weighted by atomic mass is 15.2. The number of nitrogens with zero attached hydrogens (tertiary/aromatic N) is 1. The molecule has 0 aliphatic rings. The third kappa shape index (κ3) is 6.85. The van der Waals surface area contributed by atoms with Crippen molar-refractivity contribution in [1.29, 1.82) is 0 Å². The average molecular weight is 240 g/mol. The van der Waals surface area contributed by atoms with E-state index in [0.717, 1.165) is 25.6 Å². The molecule has 0 aromatic carbocycles. The molecule has 1 N–H and O–H groups in total. The van der Waals surface area contributed by atoms with Crippen molar-refractivity contribution < 1.29 is 0 Å². The second kappa shape index (κ2) is 8.71. The van der Waals surface area contributed by atoms with Crippen molar-refractivity contribution >= 4 is 0 Å². The van der Waals surface area contributed by atoms with Gasteiger partial charge in [0.05, 0.1) is 0 Å². The van der Waals surface area contributed by atoms with Crippen LogP contribution in [-0.4, -0.2) is 36.6 Å². The molecule has 0 aromatic rings. The molecule has 0 fully saturated rings. The summed E-state index contributed by atoms with van der Waals surface area (Å²) in [6, 6.07) is 1.16. The van der Waals surface area contributed by atoms with Gasteiger partial charge >= 0.3 is 0 Å². The first-order valence-corrected chi connectivity index (χ1v) is 6.97. The van der Waals surface area contributed by atoms with E-state index in [9.17, 15) is 0 Å². The van der Waals surface area contributed by atoms with E-state index in [1.807, 2.05) is 6.08 Å². The Morgan fingerprint density at radius 3 is 2.00 bits per heavy atom. The van der Waals surface area contributed by atoms with E-state index in [1.165, 1.54) is 0 Å². The highest BCUT2D eigenvalue weighted by Crippen LogP contribution is 2.13. The van der Waals surface area contributed by atoms with Crippen LogP contribution in [0.25, 0.3) is 0 Å². The van der Waals surface area contributed by atoms with Gasteiger partial charge in [0, 0.05) is 25.2 Å². The summed E-state index contributed by atoms with van der Waals surface area (Å²) in [4.78, 5) is 2.53. The SMILES string of the molecule is C=CCN(C(C)C)C(CNCC(C)C)C(C)C. The monoisotopic (exact) mass is 240 g/mol. The molecule has 0 aromatic heterocycles. The number of rotatable bonds is 9. The van der Waals surface area contributed by atoms with Crippen LogP contribution >= 0.6 is 0 Å². The van der Waals surface area contributed by atoms with E-state index in [0.29, 0.717) is 18.0 Å². The molecule has 0 aliphatic heterocycles. The van der Waals surface area contributed by atoms with E-state index >= 15 is 0 Å². The van der Waals surface area contributed by atoms with Gasteiger partial charge < -0.3 is 5.32 Å². The van der Waals surface area contributed by atoms with Gasteiger partial charge in [-0.1, -0.05) is 33.8 Å². The first kappa shape index (κ1) is 16.7. The van der Waals surface area contributed by atoms with E-state index in [-0.39, 0.29) is 0 Å². The number of nitrogens with one attached hydrogen (secondary N) is 1. The molecule has 0 amide bonds. The number of hydrogen-bond donors (Lipinski definition) is 1. The van der Waals surface area contributed by atoms with Crippen LogP contribution in [0, 0.1) is 11.8 Å². The summed E-state index contributed by atoms with van der Waals surface area (Å²) >= 11 is 0. The van der Waals surface area contributed by atoms with Gasteiger partial charge in [0.15, 0.2) is 0 Å². The summed E-state index contributed by atoms with van der Waals surface area (Å²) in [7, 11) is 0. The Labute approximate surface area is 108 Å². The smallest absolute Gasteiger partial charge is 0.0249 e. The molecule has 102 valence electrons. The third-order valence-corrected chi connectivity index (χ3v) is 3.10. The van der Waals surface area contributed by atoms with Gasteiger partial charge in [-0.05, 0) is 32.2 Å². The van der Waals surface area contributed by atoms with Crippen molar-refractivity contribution in [2.24, 2.45) is 11.8 Å². The molecule has 0 saturated carbocycles. The van der Waals surface area contributed by atoms with Crippen LogP contribution in [0.15, 0.2) is 12.7 Å². The molecule has 0 bridgehead atoms. The second-order valence-corrected chi connectivity index (χ2v) is 5.94. The standard InChI is InChI=1S/C15H32N2/c1-8-9-17(14(6)7)15(13(4)5)11-16-10-12(2)3/h8,12-16H,1,9-11H2,2-7H3. The molecule has 0 spiro atoms. The molecule has 0 aliphatic carbocycles. The predicted octanol–water partition coefficient (Wildman–Crippen LogP) is 3.15. The minimum atomic E-state index is 0.571. The van der Waals surface area contributed by atoms with E-state index in [2.05, 4.69) is 58.3 Å². The molecule has 17 heavy (non-hydrogen) atoms. The molecule has 0 heterocycles. The Balaban J connectivity index is 4.40.